The topological polar surface area (TPSA) is 73.2 Å². The standard InChI is InChI=1S/C25H18Cl3N3O3/c1-14-22(24(32)29-19-5-3-4-16(12-19)25(33)34-2)30-31(21-11-10-18(27)13-20(21)28)23(14)15-6-8-17(26)9-7-15/h3-13H,1-2H3,(H,29,32). The van der Waals surface area contributed by atoms with E-state index < -0.39 is 11.9 Å². The Labute approximate surface area is 211 Å². The third-order valence-corrected chi connectivity index (χ3v) is 5.92. The number of nitrogens with one attached hydrogen (secondary N) is 1. The number of amides is 1. The Hall–Kier alpha value is -3.32. The summed E-state index contributed by atoms with van der Waals surface area (Å²) in [5, 5.41) is 8.83. The Morgan fingerprint density at radius 3 is 2.32 bits per heavy atom. The molecular formula is C25H18Cl3N3O3. The highest BCUT2D eigenvalue weighted by molar-refractivity contribution is 6.35. The molecular weight excluding hydrogens is 497 g/mol. The molecule has 0 aliphatic heterocycles. The lowest BCUT2D eigenvalue weighted by atomic mass is 10.1. The Kier molecular flexibility index (Phi) is 6.93. The number of hydrogen-bond acceptors (Lipinski definition) is 4. The van der Waals surface area contributed by atoms with Crippen LogP contribution >= 0.6 is 34.8 Å². The van der Waals surface area contributed by atoms with E-state index >= 15 is 0 Å². The van der Waals surface area contributed by atoms with E-state index in [1.165, 1.54) is 13.2 Å². The van der Waals surface area contributed by atoms with Crippen molar-refractivity contribution in [3.63, 3.8) is 0 Å². The van der Waals surface area contributed by atoms with E-state index in [4.69, 9.17) is 39.5 Å². The number of carbonyl (C=O) groups excluding carboxylic acids is 2. The molecule has 34 heavy (non-hydrogen) atoms. The largest absolute Gasteiger partial charge is 0.465 e. The number of aromatic nitrogens is 2. The SMILES string of the molecule is COC(=O)c1cccc(NC(=O)c2nn(-c3ccc(Cl)cc3Cl)c(-c3ccc(Cl)cc3)c2C)c1. The number of carbonyl (C=O) groups is 2. The summed E-state index contributed by atoms with van der Waals surface area (Å²) in [6, 6.07) is 18.7. The minimum Gasteiger partial charge on any atom is -0.465 e. The minimum absolute atomic E-state index is 0.194. The van der Waals surface area contributed by atoms with E-state index in [1.807, 2.05) is 12.1 Å². The molecule has 0 aliphatic carbocycles. The quantitative estimate of drug-likeness (QED) is 0.296. The number of rotatable bonds is 5. The van der Waals surface area contributed by atoms with Crippen molar-refractivity contribution in [2.75, 3.05) is 12.4 Å². The van der Waals surface area contributed by atoms with Crippen LogP contribution in [0, 0.1) is 6.92 Å². The Bertz CT molecular complexity index is 1400. The molecule has 1 amide bonds. The Morgan fingerprint density at radius 1 is 0.941 bits per heavy atom. The molecule has 0 fully saturated rings. The zero-order valence-corrected chi connectivity index (χ0v) is 20.4. The number of hydrogen-bond donors (Lipinski definition) is 1. The first-order valence-corrected chi connectivity index (χ1v) is 11.2. The van der Waals surface area contributed by atoms with Gasteiger partial charge >= 0.3 is 5.97 Å². The lowest BCUT2D eigenvalue weighted by Crippen LogP contribution is -2.15. The van der Waals surface area contributed by atoms with Gasteiger partial charge < -0.3 is 10.1 Å². The van der Waals surface area contributed by atoms with Crippen LogP contribution in [0.5, 0.6) is 0 Å². The Balaban J connectivity index is 1.80. The maximum absolute atomic E-state index is 13.2. The molecule has 0 bridgehead atoms. The second-order valence-electron chi connectivity index (χ2n) is 7.36. The number of benzene rings is 3. The van der Waals surface area contributed by atoms with Gasteiger partial charge in [0.2, 0.25) is 0 Å². The van der Waals surface area contributed by atoms with Gasteiger partial charge in [-0.15, -0.1) is 0 Å². The highest BCUT2D eigenvalue weighted by atomic mass is 35.5. The molecule has 6 nitrogen and oxygen atoms in total. The molecule has 1 N–H and O–H groups in total. The first-order valence-electron chi connectivity index (χ1n) is 10.1. The maximum Gasteiger partial charge on any atom is 0.337 e. The second-order valence-corrected chi connectivity index (χ2v) is 8.64. The van der Waals surface area contributed by atoms with Gasteiger partial charge in [0.15, 0.2) is 5.69 Å². The van der Waals surface area contributed by atoms with Crippen molar-refractivity contribution in [2.24, 2.45) is 0 Å². The minimum atomic E-state index is -0.501. The molecule has 0 aliphatic rings. The van der Waals surface area contributed by atoms with Crippen molar-refractivity contribution in [1.82, 2.24) is 9.78 Å². The van der Waals surface area contributed by atoms with Crippen LogP contribution in [-0.4, -0.2) is 28.8 Å². The Morgan fingerprint density at radius 2 is 1.65 bits per heavy atom. The number of nitrogens with zero attached hydrogens (tertiary/aromatic N) is 2. The van der Waals surface area contributed by atoms with Crippen LogP contribution in [0.4, 0.5) is 5.69 Å². The molecule has 0 saturated heterocycles. The predicted molar refractivity (Wildman–Crippen MR) is 135 cm³/mol. The number of ether oxygens (including phenoxy) is 1. The number of methoxy groups -OCH3 is 1. The molecule has 4 aromatic rings. The second kappa shape index (κ2) is 9.89. The molecule has 9 heteroatoms. The molecule has 0 spiro atoms. The van der Waals surface area contributed by atoms with Gasteiger partial charge in [-0.1, -0.05) is 53.0 Å². The van der Waals surface area contributed by atoms with Crippen LogP contribution in [0.2, 0.25) is 15.1 Å². The summed E-state index contributed by atoms with van der Waals surface area (Å²) in [6.07, 6.45) is 0. The van der Waals surface area contributed by atoms with Crippen molar-refractivity contribution >= 4 is 52.4 Å². The smallest absolute Gasteiger partial charge is 0.337 e. The van der Waals surface area contributed by atoms with Crippen LogP contribution in [0.1, 0.15) is 26.4 Å². The van der Waals surface area contributed by atoms with Gasteiger partial charge in [-0.05, 0) is 55.5 Å². The molecule has 172 valence electrons. The molecule has 0 saturated carbocycles. The third kappa shape index (κ3) is 4.80. The van der Waals surface area contributed by atoms with Gasteiger partial charge in [-0.2, -0.15) is 5.10 Å². The van der Waals surface area contributed by atoms with Gasteiger partial charge in [0, 0.05) is 26.9 Å². The van der Waals surface area contributed by atoms with Crippen LogP contribution in [0.25, 0.3) is 16.9 Å². The summed E-state index contributed by atoms with van der Waals surface area (Å²) >= 11 is 18.6. The van der Waals surface area contributed by atoms with E-state index in [2.05, 4.69) is 10.4 Å². The van der Waals surface area contributed by atoms with Gasteiger partial charge in [-0.25, -0.2) is 9.48 Å². The normalized spacial score (nSPS) is 10.7. The predicted octanol–water partition coefficient (Wildman–Crippen LogP) is 6.85. The van der Waals surface area contributed by atoms with Crippen molar-refractivity contribution in [3.05, 3.63) is 98.6 Å². The van der Waals surface area contributed by atoms with Gasteiger partial charge in [-0.3, -0.25) is 4.79 Å². The van der Waals surface area contributed by atoms with Gasteiger partial charge in [0.1, 0.15) is 0 Å². The van der Waals surface area contributed by atoms with Crippen molar-refractivity contribution in [2.45, 2.75) is 6.92 Å². The average Bonchev–Trinajstić information content (AvgIpc) is 3.16. The summed E-state index contributed by atoms with van der Waals surface area (Å²) in [6.45, 7) is 1.80. The fourth-order valence-corrected chi connectivity index (χ4v) is 4.13. The van der Waals surface area contributed by atoms with E-state index in [0.717, 1.165) is 5.56 Å². The summed E-state index contributed by atoms with van der Waals surface area (Å²) in [4.78, 5) is 25.1. The zero-order chi connectivity index (χ0) is 24.4. The summed E-state index contributed by atoms with van der Waals surface area (Å²) in [5.41, 5.74) is 3.61. The van der Waals surface area contributed by atoms with Gasteiger partial charge in [0.25, 0.3) is 5.91 Å². The highest BCUT2D eigenvalue weighted by Crippen LogP contribution is 2.33. The van der Waals surface area contributed by atoms with Crippen LogP contribution in [-0.2, 0) is 4.74 Å². The van der Waals surface area contributed by atoms with E-state index in [0.29, 0.717) is 43.3 Å². The molecule has 1 aromatic heterocycles. The van der Waals surface area contributed by atoms with Crippen molar-refractivity contribution in [1.29, 1.82) is 0 Å². The summed E-state index contributed by atoms with van der Waals surface area (Å²) < 4.78 is 6.35. The van der Waals surface area contributed by atoms with Crippen molar-refractivity contribution < 1.29 is 14.3 Å². The molecule has 4 rings (SSSR count). The third-order valence-electron chi connectivity index (χ3n) is 5.13. The summed E-state index contributed by atoms with van der Waals surface area (Å²) in [5.74, 6) is -0.947. The van der Waals surface area contributed by atoms with Crippen LogP contribution in [0.3, 0.4) is 0 Å². The van der Waals surface area contributed by atoms with Crippen LogP contribution < -0.4 is 5.32 Å². The zero-order valence-electron chi connectivity index (χ0n) is 18.1. The van der Waals surface area contributed by atoms with Gasteiger partial charge in [0.05, 0.1) is 29.1 Å². The number of halogens is 3. The lowest BCUT2D eigenvalue weighted by Gasteiger charge is -2.11. The van der Waals surface area contributed by atoms with Crippen LogP contribution in [0.15, 0.2) is 66.7 Å². The number of esters is 1. The first kappa shape index (κ1) is 23.8. The molecule has 0 radical (unpaired) electrons. The summed E-state index contributed by atoms with van der Waals surface area (Å²) in [7, 11) is 1.30. The fraction of sp³-hybridized carbons (Fsp3) is 0.0800. The van der Waals surface area contributed by atoms with E-state index in [9.17, 15) is 9.59 Å². The fourth-order valence-electron chi connectivity index (χ4n) is 3.52. The van der Waals surface area contributed by atoms with E-state index in [-0.39, 0.29) is 5.69 Å². The molecule has 0 unspecified atom stereocenters. The maximum atomic E-state index is 13.2. The number of anilines is 1. The molecule has 1 heterocycles. The lowest BCUT2D eigenvalue weighted by molar-refractivity contribution is 0.0600. The monoisotopic (exact) mass is 513 g/mol. The highest BCUT2D eigenvalue weighted by Gasteiger charge is 2.23. The van der Waals surface area contributed by atoms with E-state index in [1.54, 1.807) is 60.1 Å². The van der Waals surface area contributed by atoms with Crippen molar-refractivity contribution in [3.8, 4) is 16.9 Å². The molecule has 3 aromatic carbocycles. The molecule has 0 atom stereocenters. The average molecular weight is 515 g/mol. The first-order chi connectivity index (χ1) is 16.3.